The average Bonchev–Trinajstić information content (AvgIpc) is 2.34. The molecule has 1 aromatic heterocycles. The number of aromatic amines is 1. The molecule has 0 unspecified atom stereocenters. The van der Waals surface area contributed by atoms with Crippen LogP contribution in [0.3, 0.4) is 0 Å². The summed E-state index contributed by atoms with van der Waals surface area (Å²) in [6, 6.07) is 8.01. The maximum Gasteiger partial charge on any atom is 0.108 e. The molecular weight excluding hydrogens is 284 g/mol. The van der Waals surface area contributed by atoms with Crippen molar-refractivity contribution in [3.05, 3.63) is 30.5 Å². The molecule has 0 atom stereocenters. The Hall–Kier alpha value is -0.480. The van der Waals surface area contributed by atoms with Crippen LogP contribution in [0.4, 0.5) is 5.82 Å². The smallest absolute Gasteiger partial charge is 0.108 e. The Morgan fingerprint density at radius 2 is 1.75 bits per heavy atom. The molecule has 2 nitrogen and oxygen atoms in total. The minimum atomic E-state index is 0. The highest BCUT2D eigenvalue weighted by Crippen LogP contribution is 2.18. The normalized spacial score (nSPS) is 8.67. The van der Waals surface area contributed by atoms with Crippen molar-refractivity contribution in [1.29, 1.82) is 0 Å². The number of H-pyrrole nitrogens is 1. The van der Waals surface area contributed by atoms with Crippen LogP contribution in [0.1, 0.15) is 0 Å². The van der Waals surface area contributed by atoms with E-state index >= 15 is 0 Å². The Morgan fingerprint density at radius 3 is 2.42 bits per heavy atom. The van der Waals surface area contributed by atoms with Gasteiger partial charge >= 0.3 is 0 Å². The molecule has 4 heteroatoms. The maximum absolute atomic E-state index is 5.62. The predicted octanol–water partition coefficient (Wildman–Crippen LogP) is 2.91. The Labute approximate surface area is 91.7 Å². The zero-order valence-electron chi connectivity index (χ0n) is 6.28. The molecule has 0 saturated heterocycles. The van der Waals surface area contributed by atoms with E-state index in [0.29, 0.717) is 0 Å². The third kappa shape index (κ3) is 1.81. The van der Waals surface area contributed by atoms with E-state index in [9.17, 15) is 0 Å². The van der Waals surface area contributed by atoms with Crippen LogP contribution in [0.5, 0.6) is 0 Å². The van der Waals surface area contributed by atoms with Crippen LogP contribution < -0.4 is 5.73 Å². The quantitative estimate of drug-likeness (QED) is 0.770. The van der Waals surface area contributed by atoms with Crippen molar-refractivity contribution in [3.8, 4) is 0 Å². The number of hydrogen-bond donors (Lipinski definition) is 2. The standard InChI is InChI=1S/C8H8N2.2BrH/c9-8-7-4-2-1-3-6(7)5-10-8;;/h1-5,10H,9H2;2*1H. The topological polar surface area (TPSA) is 41.8 Å². The minimum Gasteiger partial charge on any atom is -0.385 e. The second-order valence-electron chi connectivity index (χ2n) is 2.29. The van der Waals surface area contributed by atoms with Crippen molar-refractivity contribution in [2.24, 2.45) is 0 Å². The van der Waals surface area contributed by atoms with Gasteiger partial charge in [0.15, 0.2) is 0 Å². The van der Waals surface area contributed by atoms with Gasteiger partial charge in [-0.05, 0) is 0 Å². The zero-order chi connectivity index (χ0) is 6.97. The second-order valence-corrected chi connectivity index (χ2v) is 2.29. The minimum absolute atomic E-state index is 0. The lowest BCUT2D eigenvalue weighted by atomic mass is 10.2. The number of benzene rings is 1. The summed E-state index contributed by atoms with van der Waals surface area (Å²) in [7, 11) is 0. The molecule has 0 aliphatic carbocycles. The highest BCUT2D eigenvalue weighted by molar-refractivity contribution is 8.93. The Bertz CT molecular complexity index is 357. The number of aromatic nitrogens is 1. The molecule has 1 heterocycles. The number of nitrogens with two attached hydrogens (primary N) is 1. The van der Waals surface area contributed by atoms with Crippen LogP contribution in [-0.2, 0) is 0 Å². The van der Waals surface area contributed by atoms with E-state index in [1.807, 2.05) is 30.5 Å². The Balaban J connectivity index is 0.000000605. The first-order valence-corrected chi connectivity index (χ1v) is 3.19. The molecule has 0 aliphatic rings. The molecule has 0 amide bonds. The number of rotatable bonds is 0. The molecule has 12 heavy (non-hydrogen) atoms. The van der Waals surface area contributed by atoms with Gasteiger partial charge in [-0.15, -0.1) is 34.0 Å². The van der Waals surface area contributed by atoms with E-state index in [4.69, 9.17) is 5.73 Å². The summed E-state index contributed by atoms with van der Waals surface area (Å²) in [4.78, 5) is 2.95. The Kier molecular flexibility index (Phi) is 4.34. The van der Waals surface area contributed by atoms with Crippen molar-refractivity contribution < 1.29 is 0 Å². The van der Waals surface area contributed by atoms with Gasteiger partial charge in [0.1, 0.15) is 5.82 Å². The largest absolute Gasteiger partial charge is 0.385 e. The van der Waals surface area contributed by atoms with Crippen LogP contribution in [0.15, 0.2) is 30.5 Å². The summed E-state index contributed by atoms with van der Waals surface area (Å²) in [5, 5.41) is 2.27. The summed E-state index contributed by atoms with van der Waals surface area (Å²) in [5.74, 6) is 0.746. The lowest BCUT2D eigenvalue weighted by molar-refractivity contribution is 1.43. The van der Waals surface area contributed by atoms with Crippen LogP contribution in [-0.4, -0.2) is 4.98 Å². The molecule has 66 valence electrons. The Morgan fingerprint density at radius 1 is 1.08 bits per heavy atom. The van der Waals surface area contributed by atoms with Crippen molar-refractivity contribution in [2.75, 3.05) is 5.73 Å². The highest BCUT2D eigenvalue weighted by atomic mass is 79.9. The lowest BCUT2D eigenvalue weighted by Gasteiger charge is -1.86. The first kappa shape index (κ1) is 11.5. The van der Waals surface area contributed by atoms with Gasteiger partial charge in [0.05, 0.1) is 0 Å². The molecule has 1 aromatic carbocycles. The first-order chi connectivity index (χ1) is 4.88. The fourth-order valence-corrected chi connectivity index (χ4v) is 1.10. The molecule has 2 aromatic rings. The number of nitrogens with one attached hydrogen (secondary N) is 1. The fourth-order valence-electron chi connectivity index (χ4n) is 1.10. The lowest BCUT2D eigenvalue weighted by Crippen LogP contribution is -1.82. The molecule has 0 radical (unpaired) electrons. The van der Waals surface area contributed by atoms with E-state index in [1.165, 1.54) is 5.39 Å². The van der Waals surface area contributed by atoms with E-state index in [0.717, 1.165) is 11.2 Å². The SMILES string of the molecule is Br.Br.Nc1[nH]cc2ccccc12. The van der Waals surface area contributed by atoms with Crippen molar-refractivity contribution in [1.82, 2.24) is 4.98 Å². The van der Waals surface area contributed by atoms with Gasteiger partial charge in [-0.2, -0.15) is 0 Å². The molecule has 0 spiro atoms. The molecular formula is C8H10Br2N2. The van der Waals surface area contributed by atoms with Gasteiger partial charge in [-0.3, -0.25) is 0 Å². The van der Waals surface area contributed by atoms with Gasteiger partial charge in [0.25, 0.3) is 0 Å². The molecule has 0 fully saturated rings. The summed E-state index contributed by atoms with van der Waals surface area (Å²) < 4.78 is 0. The van der Waals surface area contributed by atoms with Gasteiger partial charge in [0.2, 0.25) is 0 Å². The average molecular weight is 294 g/mol. The first-order valence-electron chi connectivity index (χ1n) is 3.19. The van der Waals surface area contributed by atoms with Gasteiger partial charge < -0.3 is 10.7 Å². The highest BCUT2D eigenvalue weighted by Gasteiger charge is 1.95. The molecule has 2 rings (SSSR count). The summed E-state index contributed by atoms with van der Waals surface area (Å²) >= 11 is 0. The van der Waals surface area contributed by atoms with E-state index in [-0.39, 0.29) is 34.0 Å². The van der Waals surface area contributed by atoms with Gasteiger partial charge in [-0.1, -0.05) is 24.3 Å². The number of anilines is 1. The zero-order valence-corrected chi connectivity index (χ0v) is 9.71. The number of nitrogen functional groups attached to an aromatic ring is 1. The van der Waals surface area contributed by atoms with Crippen molar-refractivity contribution >= 4 is 50.6 Å². The van der Waals surface area contributed by atoms with Gasteiger partial charge in [0, 0.05) is 17.0 Å². The van der Waals surface area contributed by atoms with E-state index in [1.54, 1.807) is 0 Å². The summed E-state index contributed by atoms with van der Waals surface area (Å²) in [6.07, 6.45) is 1.91. The van der Waals surface area contributed by atoms with E-state index in [2.05, 4.69) is 4.98 Å². The third-order valence-corrected chi connectivity index (χ3v) is 1.63. The summed E-state index contributed by atoms with van der Waals surface area (Å²) in [5.41, 5.74) is 5.62. The third-order valence-electron chi connectivity index (χ3n) is 1.63. The van der Waals surface area contributed by atoms with Crippen LogP contribution in [0.25, 0.3) is 10.8 Å². The number of fused-ring (bicyclic) bond motifs is 1. The summed E-state index contributed by atoms with van der Waals surface area (Å²) in [6.45, 7) is 0. The molecule has 0 saturated carbocycles. The van der Waals surface area contributed by atoms with Crippen LogP contribution in [0, 0.1) is 0 Å². The van der Waals surface area contributed by atoms with Crippen molar-refractivity contribution in [2.45, 2.75) is 0 Å². The van der Waals surface area contributed by atoms with Crippen molar-refractivity contribution in [3.63, 3.8) is 0 Å². The predicted molar refractivity (Wildman–Crippen MR) is 63.4 cm³/mol. The second kappa shape index (κ2) is 4.52. The van der Waals surface area contributed by atoms with Crippen LogP contribution >= 0.6 is 34.0 Å². The van der Waals surface area contributed by atoms with Crippen LogP contribution in [0.2, 0.25) is 0 Å². The molecule has 3 N–H and O–H groups in total. The molecule has 0 bridgehead atoms. The maximum atomic E-state index is 5.62. The number of hydrogen-bond acceptors (Lipinski definition) is 1. The number of halogens is 2. The fraction of sp³-hybridized carbons (Fsp3) is 0. The van der Waals surface area contributed by atoms with Gasteiger partial charge in [-0.25, -0.2) is 0 Å². The monoisotopic (exact) mass is 292 g/mol. The van der Waals surface area contributed by atoms with E-state index < -0.39 is 0 Å². The molecule has 0 aliphatic heterocycles.